The van der Waals surface area contributed by atoms with E-state index in [0.717, 1.165) is 11.1 Å². The van der Waals surface area contributed by atoms with Gasteiger partial charge in [-0.15, -0.1) is 6.58 Å². The molecule has 0 saturated carbocycles. The summed E-state index contributed by atoms with van der Waals surface area (Å²) in [6.45, 7) is 6.29. The standard InChI is InChI=1S/C20H21N5O2/c1-3-11-25(13-15-6-9-21-10-7-15)19(26)17-14(2)23-20(27)24-18(17)16-5-4-8-22-12-16/h3-10,12,18H,1,11,13H2,2H3,(H2,23,24,27)/t18-/m1/s1. The molecule has 0 aromatic carbocycles. The van der Waals surface area contributed by atoms with Gasteiger partial charge in [0, 0.05) is 43.6 Å². The van der Waals surface area contributed by atoms with Crippen LogP contribution in [0.1, 0.15) is 24.1 Å². The van der Waals surface area contributed by atoms with Gasteiger partial charge in [-0.05, 0) is 36.2 Å². The molecule has 1 atom stereocenters. The first-order valence-corrected chi connectivity index (χ1v) is 8.57. The van der Waals surface area contributed by atoms with Crippen LogP contribution in [0.25, 0.3) is 0 Å². The Morgan fingerprint density at radius 3 is 2.70 bits per heavy atom. The van der Waals surface area contributed by atoms with E-state index in [4.69, 9.17) is 0 Å². The van der Waals surface area contributed by atoms with Crippen molar-refractivity contribution in [1.82, 2.24) is 25.5 Å². The minimum atomic E-state index is -0.565. The number of urea groups is 1. The first-order valence-electron chi connectivity index (χ1n) is 8.57. The zero-order valence-corrected chi connectivity index (χ0v) is 15.1. The van der Waals surface area contributed by atoms with Gasteiger partial charge < -0.3 is 15.5 Å². The highest BCUT2D eigenvalue weighted by Gasteiger charge is 2.33. The Morgan fingerprint density at radius 2 is 2.04 bits per heavy atom. The summed E-state index contributed by atoms with van der Waals surface area (Å²) in [5.41, 5.74) is 2.72. The normalized spacial score (nSPS) is 16.3. The second-order valence-electron chi connectivity index (χ2n) is 6.19. The summed E-state index contributed by atoms with van der Waals surface area (Å²) in [5, 5.41) is 5.52. The average Bonchev–Trinajstić information content (AvgIpc) is 2.68. The quantitative estimate of drug-likeness (QED) is 0.771. The van der Waals surface area contributed by atoms with Crippen LogP contribution < -0.4 is 10.6 Å². The topological polar surface area (TPSA) is 87.2 Å². The third kappa shape index (κ3) is 4.20. The lowest BCUT2D eigenvalue weighted by atomic mass is 9.95. The van der Waals surface area contributed by atoms with Gasteiger partial charge in [-0.2, -0.15) is 0 Å². The molecule has 0 aliphatic carbocycles. The highest BCUT2D eigenvalue weighted by molar-refractivity contribution is 5.98. The Bertz CT molecular complexity index is 864. The Labute approximate surface area is 157 Å². The number of nitrogens with zero attached hydrogens (tertiary/aromatic N) is 3. The average molecular weight is 363 g/mol. The van der Waals surface area contributed by atoms with E-state index in [-0.39, 0.29) is 11.9 Å². The fraction of sp³-hybridized carbons (Fsp3) is 0.200. The predicted octanol–water partition coefficient (Wildman–Crippen LogP) is 2.32. The lowest BCUT2D eigenvalue weighted by molar-refractivity contribution is -0.127. The number of allylic oxidation sites excluding steroid dienone is 1. The molecule has 3 heterocycles. The largest absolute Gasteiger partial charge is 0.331 e. The van der Waals surface area contributed by atoms with Crippen molar-refractivity contribution in [1.29, 1.82) is 0 Å². The number of rotatable bonds is 6. The lowest BCUT2D eigenvalue weighted by Crippen LogP contribution is -2.47. The summed E-state index contributed by atoms with van der Waals surface area (Å²) in [4.78, 5) is 35.2. The van der Waals surface area contributed by atoms with Crippen LogP contribution in [0, 0.1) is 0 Å². The molecule has 0 bridgehead atoms. The number of amides is 3. The fourth-order valence-electron chi connectivity index (χ4n) is 3.03. The van der Waals surface area contributed by atoms with E-state index in [1.165, 1.54) is 0 Å². The highest BCUT2D eigenvalue weighted by atomic mass is 16.2. The maximum absolute atomic E-state index is 13.4. The summed E-state index contributed by atoms with van der Waals surface area (Å²) < 4.78 is 0. The van der Waals surface area contributed by atoms with Crippen LogP contribution in [0.4, 0.5) is 4.79 Å². The molecule has 2 aromatic rings. The Kier molecular flexibility index (Phi) is 5.61. The van der Waals surface area contributed by atoms with Crippen LogP contribution in [0.15, 0.2) is 73.0 Å². The summed E-state index contributed by atoms with van der Waals surface area (Å²) in [7, 11) is 0. The Balaban J connectivity index is 1.95. The molecule has 0 unspecified atom stereocenters. The van der Waals surface area contributed by atoms with Crippen LogP contribution in [0.2, 0.25) is 0 Å². The van der Waals surface area contributed by atoms with Crippen LogP contribution >= 0.6 is 0 Å². The first kappa shape index (κ1) is 18.3. The number of carbonyl (C=O) groups is 2. The van der Waals surface area contributed by atoms with Crippen molar-refractivity contribution in [2.24, 2.45) is 0 Å². The van der Waals surface area contributed by atoms with Crippen LogP contribution in [0.3, 0.4) is 0 Å². The molecule has 1 aliphatic heterocycles. The molecule has 0 spiro atoms. The van der Waals surface area contributed by atoms with Crippen LogP contribution in [0.5, 0.6) is 0 Å². The van der Waals surface area contributed by atoms with Gasteiger partial charge in [0.1, 0.15) is 0 Å². The number of pyridine rings is 2. The fourth-order valence-corrected chi connectivity index (χ4v) is 3.03. The van der Waals surface area contributed by atoms with Gasteiger partial charge in [0.2, 0.25) is 0 Å². The van der Waals surface area contributed by atoms with E-state index in [1.54, 1.807) is 48.8 Å². The summed E-state index contributed by atoms with van der Waals surface area (Å²) in [6, 6.07) is 6.44. The van der Waals surface area contributed by atoms with Crippen molar-refractivity contribution < 1.29 is 9.59 Å². The third-order valence-corrected chi connectivity index (χ3v) is 4.28. The molecule has 0 fully saturated rings. The van der Waals surface area contributed by atoms with Crippen molar-refractivity contribution >= 4 is 11.9 Å². The second kappa shape index (κ2) is 8.27. The van der Waals surface area contributed by atoms with E-state index in [1.807, 2.05) is 18.2 Å². The van der Waals surface area contributed by atoms with Gasteiger partial charge in [0.05, 0.1) is 11.6 Å². The van der Waals surface area contributed by atoms with Crippen molar-refractivity contribution in [3.8, 4) is 0 Å². The zero-order valence-electron chi connectivity index (χ0n) is 15.1. The third-order valence-electron chi connectivity index (χ3n) is 4.28. The minimum Gasteiger partial charge on any atom is -0.331 e. The molecule has 7 nitrogen and oxygen atoms in total. The van der Waals surface area contributed by atoms with E-state index in [2.05, 4.69) is 27.2 Å². The van der Waals surface area contributed by atoms with Crippen molar-refractivity contribution in [3.63, 3.8) is 0 Å². The molecule has 138 valence electrons. The highest BCUT2D eigenvalue weighted by Crippen LogP contribution is 2.28. The van der Waals surface area contributed by atoms with Crippen molar-refractivity contribution in [3.05, 3.63) is 84.1 Å². The zero-order chi connectivity index (χ0) is 19.2. The molecule has 7 heteroatoms. The van der Waals surface area contributed by atoms with Crippen LogP contribution in [-0.4, -0.2) is 33.4 Å². The van der Waals surface area contributed by atoms with Crippen molar-refractivity contribution in [2.75, 3.05) is 6.54 Å². The SMILES string of the molecule is C=CCN(Cc1ccncc1)C(=O)C1=C(C)NC(=O)N[C@@H]1c1cccnc1. The van der Waals surface area contributed by atoms with Gasteiger partial charge in [0.15, 0.2) is 0 Å². The summed E-state index contributed by atoms with van der Waals surface area (Å²) >= 11 is 0. The number of nitrogens with one attached hydrogen (secondary N) is 2. The van der Waals surface area contributed by atoms with Crippen molar-refractivity contribution in [2.45, 2.75) is 19.5 Å². The van der Waals surface area contributed by atoms with E-state index in [0.29, 0.717) is 24.4 Å². The smallest absolute Gasteiger partial charge is 0.319 e. The number of hydrogen-bond donors (Lipinski definition) is 2. The molecule has 3 amide bonds. The van der Waals surface area contributed by atoms with Gasteiger partial charge in [-0.25, -0.2) is 4.79 Å². The van der Waals surface area contributed by atoms with E-state index < -0.39 is 6.04 Å². The molecule has 3 rings (SSSR count). The Morgan fingerprint density at radius 1 is 1.26 bits per heavy atom. The molecule has 0 radical (unpaired) electrons. The maximum Gasteiger partial charge on any atom is 0.319 e. The Hall–Kier alpha value is -3.48. The van der Waals surface area contributed by atoms with Gasteiger partial charge in [-0.1, -0.05) is 12.1 Å². The molecule has 27 heavy (non-hydrogen) atoms. The number of aromatic nitrogens is 2. The minimum absolute atomic E-state index is 0.175. The maximum atomic E-state index is 13.4. The molecule has 1 aliphatic rings. The van der Waals surface area contributed by atoms with Gasteiger partial charge >= 0.3 is 6.03 Å². The predicted molar refractivity (Wildman–Crippen MR) is 101 cm³/mol. The molecular formula is C20H21N5O2. The number of hydrogen-bond acceptors (Lipinski definition) is 4. The first-order chi connectivity index (χ1) is 13.1. The van der Waals surface area contributed by atoms with Gasteiger partial charge in [0.25, 0.3) is 5.91 Å². The molecule has 2 N–H and O–H groups in total. The van der Waals surface area contributed by atoms with Crippen LogP contribution in [-0.2, 0) is 11.3 Å². The second-order valence-corrected chi connectivity index (χ2v) is 6.19. The lowest BCUT2D eigenvalue weighted by Gasteiger charge is -2.32. The van der Waals surface area contributed by atoms with Gasteiger partial charge in [-0.3, -0.25) is 14.8 Å². The summed E-state index contributed by atoms with van der Waals surface area (Å²) in [5.74, 6) is -0.175. The molecule has 2 aromatic heterocycles. The number of carbonyl (C=O) groups excluding carboxylic acids is 2. The van der Waals surface area contributed by atoms with E-state index >= 15 is 0 Å². The molecule has 0 saturated heterocycles. The van der Waals surface area contributed by atoms with E-state index in [9.17, 15) is 9.59 Å². The summed E-state index contributed by atoms with van der Waals surface area (Å²) in [6.07, 6.45) is 8.37. The molecular weight excluding hydrogens is 342 g/mol. The monoisotopic (exact) mass is 363 g/mol.